The van der Waals surface area contributed by atoms with Crippen LogP contribution in [0, 0.1) is 11.8 Å². The van der Waals surface area contributed by atoms with Crippen LogP contribution in [0.5, 0.6) is 0 Å². The van der Waals surface area contributed by atoms with Gasteiger partial charge in [0, 0.05) is 19.4 Å². The van der Waals surface area contributed by atoms with Crippen LogP contribution in [0.15, 0.2) is 35.6 Å². The standard InChI is InChI=1S/C28H47ClO9Si/c1-20(14-11-12-17-29)24(38-39(9,10)28(2,3)4)23(27(32)36-8)18-21(37-19-33-5)15-13-16-22(25(30)34-6)26(31)35-7/h11-12,14-15,22-24H,13,16-19H2,1-10H3/b12-11+,20-14-,21-15+/t23-,24-/m1/s1. The van der Waals surface area contributed by atoms with Crippen molar-refractivity contribution in [1.29, 1.82) is 0 Å². The zero-order chi connectivity index (χ0) is 30.2. The van der Waals surface area contributed by atoms with E-state index in [0.29, 0.717) is 11.6 Å². The van der Waals surface area contributed by atoms with Gasteiger partial charge in [0.05, 0.1) is 39.1 Å². The van der Waals surface area contributed by atoms with Gasteiger partial charge in [0.2, 0.25) is 0 Å². The number of allylic oxidation sites excluding steroid dienone is 5. The van der Waals surface area contributed by atoms with Crippen molar-refractivity contribution >= 4 is 37.8 Å². The lowest BCUT2D eigenvalue weighted by Gasteiger charge is -2.41. The van der Waals surface area contributed by atoms with Crippen LogP contribution in [-0.2, 0) is 42.5 Å². The molecule has 224 valence electrons. The normalized spacial score (nSPS) is 14.8. The minimum atomic E-state index is -2.34. The molecule has 0 amide bonds. The van der Waals surface area contributed by atoms with E-state index in [2.05, 4.69) is 33.9 Å². The largest absolute Gasteiger partial charge is 0.472 e. The number of hydrogen-bond acceptors (Lipinski definition) is 9. The summed E-state index contributed by atoms with van der Waals surface area (Å²) in [7, 11) is 2.91. The molecule has 11 heteroatoms. The molecule has 0 aliphatic heterocycles. The predicted octanol–water partition coefficient (Wildman–Crippen LogP) is 5.54. The van der Waals surface area contributed by atoms with Gasteiger partial charge in [-0.25, -0.2) is 0 Å². The second kappa shape index (κ2) is 18.3. The van der Waals surface area contributed by atoms with Gasteiger partial charge in [-0.1, -0.05) is 39.0 Å². The number of halogens is 1. The Morgan fingerprint density at radius 1 is 0.949 bits per heavy atom. The van der Waals surface area contributed by atoms with E-state index >= 15 is 0 Å². The average Bonchev–Trinajstić information content (AvgIpc) is 2.89. The molecule has 0 bridgehead atoms. The van der Waals surface area contributed by atoms with Gasteiger partial charge >= 0.3 is 17.9 Å². The second-order valence-corrected chi connectivity index (χ2v) is 15.6. The van der Waals surface area contributed by atoms with Gasteiger partial charge in [0.1, 0.15) is 0 Å². The molecule has 0 aromatic carbocycles. The van der Waals surface area contributed by atoms with Crippen LogP contribution in [0.4, 0.5) is 0 Å². The molecule has 0 saturated heterocycles. The molecule has 0 saturated carbocycles. The number of carbonyl (C=O) groups is 3. The van der Waals surface area contributed by atoms with Crippen molar-refractivity contribution < 1.29 is 42.5 Å². The Morgan fingerprint density at radius 2 is 1.51 bits per heavy atom. The fourth-order valence-corrected chi connectivity index (χ4v) is 4.84. The molecule has 0 aliphatic carbocycles. The molecule has 0 fully saturated rings. The van der Waals surface area contributed by atoms with Crippen molar-refractivity contribution in [3.8, 4) is 0 Å². The van der Waals surface area contributed by atoms with Gasteiger partial charge in [0.15, 0.2) is 21.0 Å². The summed E-state index contributed by atoms with van der Waals surface area (Å²) >= 11 is 5.80. The summed E-state index contributed by atoms with van der Waals surface area (Å²) in [5.74, 6) is -2.86. The maximum atomic E-state index is 13.2. The first-order valence-corrected chi connectivity index (χ1v) is 16.3. The molecule has 0 aromatic heterocycles. The van der Waals surface area contributed by atoms with E-state index in [4.69, 9.17) is 39.7 Å². The molecule has 0 rings (SSSR count). The number of esters is 3. The zero-order valence-electron chi connectivity index (χ0n) is 25.1. The van der Waals surface area contributed by atoms with Gasteiger partial charge in [-0.3, -0.25) is 14.4 Å². The van der Waals surface area contributed by atoms with Crippen LogP contribution in [-0.4, -0.2) is 73.4 Å². The van der Waals surface area contributed by atoms with Crippen molar-refractivity contribution in [2.75, 3.05) is 41.1 Å². The highest BCUT2D eigenvalue weighted by Gasteiger charge is 2.43. The lowest BCUT2D eigenvalue weighted by molar-refractivity contribution is -0.159. The number of alkyl halides is 1. The zero-order valence-corrected chi connectivity index (χ0v) is 26.9. The maximum Gasteiger partial charge on any atom is 0.320 e. The molecule has 0 spiro atoms. The Labute approximate surface area is 239 Å². The quantitative estimate of drug-likeness (QED) is 0.0315. The molecular weight excluding hydrogens is 544 g/mol. The monoisotopic (exact) mass is 590 g/mol. The van der Waals surface area contributed by atoms with Crippen molar-refractivity contribution in [2.45, 2.75) is 71.2 Å². The van der Waals surface area contributed by atoms with E-state index < -0.39 is 44.2 Å². The predicted molar refractivity (Wildman–Crippen MR) is 154 cm³/mol. The minimum Gasteiger partial charge on any atom is -0.472 e. The van der Waals surface area contributed by atoms with Gasteiger partial charge < -0.3 is 28.1 Å². The lowest BCUT2D eigenvalue weighted by Crippen LogP contribution is -2.47. The van der Waals surface area contributed by atoms with E-state index in [0.717, 1.165) is 5.57 Å². The fourth-order valence-electron chi connectivity index (χ4n) is 3.40. The first-order chi connectivity index (χ1) is 18.2. The topological polar surface area (TPSA) is 107 Å². The number of hydrogen-bond donors (Lipinski definition) is 0. The summed E-state index contributed by atoms with van der Waals surface area (Å²) in [5, 5.41) is -0.111. The molecule has 0 N–H and O–H groups in total. The first kappa shape index (κ1) is 36.9. The highest BCUT2D eigenvalue weighted by atomic mass is 35.5. The molecule has 0 radical (unpaired) electrons. The molecule has 0 unspecified atom stereocenters. The minimum absolute atomic E-state index is 0.0573. The molecule has 0 aromatic rings. The third-order valence-corrected chi connectivity index (χ3v) is 11.3. The Bertz CT molecular complexity index is 859. The van der Waals surface area contributed by atoms with Crippen LogP contribution < -0.4 is 0 Å². The fraction of sp³-hybridized carbons (Fsp3) is 0.679. The number of carbonyl (C=O) groups excluding carboxylic acids is 3. The number of rotatable bonds is 17. The summed E-state index contributed by atoms with van der Waals surface area (Å²) in [6.45, 7) is 12.5. The molecular formula is C28H47ClO9Si. The Balaban J connectivity index is 6.42. The van der Waals surface area contributed by atoms with Crippen molar-refractivity contribution in [1.82, 2.24) is 0 Å². The van der Waals surface area contributed by atoms with Gasteiger partial charge in [-0.15, -0.1) is 11.6 Å². The van der Waals surface area contributed by atoms with E-state index in [1.807, 2.05) is 19.1 Å². The molecule has 0 aliphatic rings. The van der Waals surface area contributed by atoms with Gasteiger partial charge in [0.25, 0.3) is 0 Å². The third-order valence-electron chi connectivity index (χ3n) is 6.71. The third kappa shape index (κ3) is 12.7. The maximum absolute atomic E-state index is 13.2. The highest BCUT2D eigenvalue weighted by molar-refractivity contribution is 6.74. The highest BCUT2D eigenvalue weighted by Crippen LogP contribution is 2.40. The van der Waals surface area contributed by atoms with Crippen LogP contribution in [0.25, 0.3) is 0 Å². The molecule has 39 heavy (non-hydrogen) atoms. The Hall–Kier alpha value is -2.14. The van der Waals surface area contributed by atoms with Crippen molar-refractivity contribution in [3.63, 3.8) is 0 Å². The van der Waals surface area contributed by atoms with E-state index in [1.54, 1.807) is 12.2 Å². The van der Waals surface area contributed by atoms with Crippen LogP contribution in [0.3, 0.4) is 0 Å². The van der Waals surface area contributed by atoms with Gasteiger partial charge in [-0.2, -0.15) is 0 Å². The molecule has 2 atom stereocenters. The number of ether oxygens (including phenoxy) is 5. The molecule has 0 heterocycles. The Morgan fingerprint density at radius 3 is 1.97 bits per heavy atom. The van der Waals surface area contributed by atoms with Crippen LogP contribution in [0.1, 0.15) is 47.0 Å². The number of methoxy groups -OCH3 is 4. The second-order valence-electron chi connectivity index (χ2n) is 10.5. The summed E-state index contributed by atoms with van der Waals surface area (Å²) in [6.07, 6.45) is 7.18. The van der Waals surface area contributed by atoms with E-state index in [1.165, 1.54) is 28.4 Å². The van der Waals surface area contributed by atoms with Crippen LogP contribution in [0.2, 0.25) is 18.1 Å². The van der Waals surface area contributed by atoms with Gasteiger partial charge in [-0.05, 0) is 49.5 Å². The van der Waals surface area contributed by atoms with E-state index in [9.17, 15) is 14.4 Å². The Kier molecular flexibility index (Phi) is 17.2. The molecule has 9 nitrogen and oxygen atoms in total. The van der Waals surface area contributed by atoms with Crippen LogP contribution >= 0.6 is 11.6 Å². The summed E-state index contributed by atoms with van der Waals surface area (Å²) in [5.41, 5.74) is 0.833. The summed E-state index contributed by atoms with van der Waals surface area (Å²) in [4.78, 5) is 37.3. The van der Waals surface area contributed by atoms with Crippen molar-refractivity contribution in [2.24, 2.45) is 11.8 Å². The SMILES string of the molecule is COCO/C(=C/CCC(C(=O)OC)C(=O)OC)C[C@@H](C(=O)OC)[C@H](O[Si](C)(C)C(C)(C)C)/C(C)=C\C=C\CCl. The average molecular weight is 591 g/mol. The summed E-state index contributed by atoms with van der Waals surface area (Å²) < 4.78 is 32.4. The smallest absolute Gasteiger partial charge is 0.320 e. The summed E-state index contributed by atoms with van der Waals surface area (Å²) in [6, 6.07) is 0. The lowest BCUT2D eigenvalue weighted by atomic mass is 9.91. The van der Waals surface area contributed by atoms with Crippen molar-refractivity contribution in [3.05, 3.63) is 35.6 Å². The van der Waals surface area contributed by atoms with E-state index in [-0.39, 0.29) is 31.1 Å². The first-order valence-electron chi connectivity index (χ1n) is 12.8.